The average molecular weight is 314 g/mol. The van der Waals surface area contributed by atoms with Crippen LogP contribution in [0.2, 0.25) is 0 Å². The zero-order valence-electron chi connectivity index (χ0n) is 8.56. The van der Waals surface area contributed by atoms with E-state index in [1.54, 1.807) is 0 Å². The van der Waals surface area contributed by atoms with Crippen LogP contribution >= 0.6 is 15.9 Å². The average Bonchev–Trinajstić information content (AvgIpc) is 2.78. The molecule has 0 unspecified atom stereocenters. The maximum Gasteiger partial charge on any atom is 0.390 e. The summed E-state index contributed by atoms with van der Waals surface area (Å²) in [7, 11) is 0. The van der Waals surface area contributed by atoms with Gasteiger partial charge in [0.15, 0.2) is 0 Å². The maximum atomic E-state index is 10.9. The Morgan fingerprint density at radius 2 is 2.00 bits per heavy atom. The second kappa shape index (κ2) is 4.49. The third-order valence-electron chi connectivity index (χ3n) is 1.99. The zero-order chi connectivity index (χ0) is 13.3. The predicted molar refractivity (Wildman–Crippen MR) is 62.4 cm³/mol. The van der Waals surface area contributed by atoms with Crippen molar-refractivity contribution in [2.24, 2.45) is 0 Å². The molecule has 0 atom stereocenters. The first-order chi connectivity index (χ1) is 8.49. The van der Waals surface area contributed by atoms with E-state index in [0.29, 0.717) is 4.47 Å². The van der Waals surface area contributed by atoms with Crippen molar-refractivity contribution in [3.63, 3.8) is 0 Å². The van der Waals surface area contributed by atoms with Gasteiger partial charge in [-0.3, -0.25) is 10.1 Å². The first-order valence-corrected chi connectivity index (χ1v) is 5.28. The molecule has 2 rings (SSSR count). The number of halogens is 1. The minimum absolute atomic E-state index is 0.0868. The van der Waals surface area contributed by atoms with Gasteiger partial charge in [0.05, 0.1) is 22.3 Å². The van der Waals surface area contributed by atoms with Crippen molar-refractivity contribution >= 4 is 27.4 Å². The fourth-order valence-corrected chi connectivity index (χ4v) is 1.58. The second-order valence-electron chi connectivity index (χ2n) is 3.13. The number of hydrogen-bond acceptors (Lipinski definition) is 6. The molecule has 18 heavy (non-hydrogen) atoms. The highest BCUT2D eigenvalue weighted by atomic mass is 79.9. The largest absolute Gasteiger partial charge is 0.390 e. The Balaban J connectivity index is 2.55. The molecule has 0 saturated heterocycles. The van der Waals surface area contributed by atoms with Crippen molar-refractivity contribution in [2.45, 2.75) is 0 Å². The Morgan fingerprint density at radius 3 is 2.56 bits per heavy atom. The zero-order valence-corrected chi connectivity index (χ0v) is 10.1. The van der Waals surface area contributed by atoms with Crippen LogP contribution < -0.4 is 0 Å². The molecule has 0 radical (unpaired) electrons. The van der Waals surface area contributed by atoms with Gasteiger partial charge in [-0.05, 0) is 20.9 Å². The van der Waals surface area contributed by atoms with E-state index in [1.807, 2.05) is 0 Å². The number of hydrogen-bond donors (Lipinski definition) is 0. The van der Waals surface area contributed by atoms with E-state index in [2.05, 4.69) is 26.0 Å². The summed E-state index contributed by atoms with van der Waals surface area (Å²) < 4.78 is 1.42. The van der Waals surface area contributed by atoms with Gasteiger partial charge >= 0.3 is 11.5 Å². The number of rotatable bonds is 3. The summed E-state index contributed by atoms with van der Waals surface area (Å²) in [5.41, 5.74) is -0.303. The van der Waals surface area contributed by atoms with Crippen LogP contribution in [-0.2, 0) is 0 Å². The molecule has 0 fully saturated rings. The molecule has 0 aliphatic rings. The molecule has 10 heteroatoms. The van der Waals surface area contributed by atoms with E-state index < -0.39 is 15.7 Å². The number of pyridine rings is 1. The predicted octanol–water partition coefficient (Wildman–Crippen LogP) is 1.85. The molecule has 0 N–H and O–H groups in total. The fraction of sp³-hybridized carbons (Fsp3) is 0. The minimum atomic E-state index is -0.693. The molecule has 2 aromatic rings. The summed E-state index contributed by atoms with van der Waals surface area (Å²) >= 11 is 3.06. The summed E-state index contributed by atoms with van der Waals surface area (Å²) in [5, 5.41) is 24.9. The van der Waals surface area contributed by atoms with Gasteiger partial charge in [0.2, 0.25) is 0 Å². The lowest BCUT2D eigenvalue weighted by atomic mass is 10.4. The van der Waals surface area contributed by atoms with Crippen molar-refractivity contribution < 1.29 is 9.85 Å². The van der Waals surface area contributed by atoms with Crippen molar-refractivity contribution in [1.82, 2.24) is 14.8 Å². The highest BCUT2D eigenvalue weighted by Gasteiger charge is 2.22. The van der Waals surface area contributed by atoms with Crippen LogP contribution in [0.3, 0.4) is 0 Å². The lowest BCUT2D eigenvalue weighted by Gasteiger charge is -1.98. The second-order valence-corrected chi connectivity index (χ2v) is 4.04. The van der Waals surface area contributed by atoms with Gasteiger partial charge in [0.25, 0.3) is 5.82 Å². The van der Waals surface area contributed by atoms with E-state index in [9.17, 15) is 20.2 Å². The smallest absolute Gasteiger partial charge is 0.358 e. The molecule has 0 aliphatic carbocycles. The molecule has 0 saturated carbocycles. The lowest BCUT2D eigenvalue weighted by molar-refractivity contribution is -0.390. The van der Waals surface area contributed by atoms with Gasteiger partial charge in [-0.2, -0.15) is 0 Å². The number of nitro groups is 2. The van der Waals surface area contributed by atoms with Gasteiger partial charge in [0, 0.05) is 16.7 Å². The Labute approximate surface area is 107 Å². The first-order valence-electron chi connectivity index (χ1n) is 4.49. The Hall–Kier alpha value is -2.36. The molecule has 2 aromatic heterocycles. The van der Waals surface area contributed by atoms with E-state index in [1.165, 1.54) is 18.5 Å². The highest BCUT2D eigenvalue weighted by molar-refractivity contribution is 9.10. The molecule has 0 amide bonds. The number of nitrogens with zero attached hydrogens (tertiary/aromatic N) is 5. The van der Waals surface area contributed by atoms with Gasteiger partial charge < -0.3 is 10.1 Å². The molecule has 9 nitrogen and oxygen atoms in total. The third-order valence-corrected chi connectivity index (χ3v) is 2.42. The molecular formula is C8H4BrN5O4. The van der Waals surface area contributed by atoms with Crippen LogP contribution in [0.25, 0.3) is 5.82 Å². The van der Waals surface area contributed by atoms with Crippen molar-refractivity contribution in [3.05, 3.63) is 49.2 Å². The summed E-state index contributed by atoms with van der Waals surface area (Å²) in [6, 6.07) is 2.38. The van der Waals surface area contributed by atoms with Crippen molar-refractivity contribution in [2.75, 3.05) is 0 Å². The molecule has 0 aromatic carbocycles. The third kappa shape index (κ3) is 2.18. The number of aromatic nitrogens is 3. The van der Waals surface area contributed by atoms with E-state index in [4.69, 9.17) is 0 Å². The molecule has 0 bridgehead atoms. The van der Waals surface area contributed by atoms with E-state index >= 15 is 0 Å². The highest BCUT2D eigenvalue weighted by Crippen LogP contribution is 2.24. The van der Waals surface area contributed by atoms with Crippen LogP contribution in [0.15, 0.2) is 29.0 Å². The normalized spacial score (nSPS) is 10.3. The lowest BCUT2D eigenvalue weighted by Crippen LogP contribution is -2.04. The first kappa shape index (κ1) is 12.1. The van der Waals surface area contributed by atoms with Gasteiger partial charge in [-0.1, -0.05) is 0 Å². The summed E-state index contributed by atoms with van der Waals surface area (Å²) in [6.07, 6.45) is 2.58. The summed E-state index contributed by atoms with van der Waals surface area (Å²) in [5.74, 6) is -0.495. The summed E-state index contributed by atoms with van der Waals surface area (Å²) in [4.78, 5) is 23.8. The van der Waals surface area contributed by atoms with Crippen LogP contribution in [-0.4, -0.2) is 24.6 Å². The van der Waals surface area contributed by atoms with Crippen LogP contribution in [0, 0.1) is 20.2 Å². The van der Waals surface area contributed by atoms with Crippen LogP contribution in [0.1, 0.15) is 0 Å². The Kier molecular flexibility index (Phi) is 3.02. The van der Waals surface area contributed by atoms with Gasteiger partial charge in [-0.15, -0.1) is 4.68 Å². The fourth-order valence-electron chi connectivity index (χ4n) is 1.26. The SMILES string of the molecule is O=[N+]([O-])c1ccn(-c2ncc(Br)cc2[N+](=O)[O-])n1. The summed E-state index contributed by atoms with van der Waals surface area (Å²) in [6.45, 7) is 0. The van der Waals surface area contributed by atoms with E-state index in [-0.39, 0.29) is 11.5 Å². The van der Waals surface area contributed by atoms with E-state index in [0.717, 1.165) is 10.7 Å². The molecule has 2 heterocycles. The van der Waals surface area contributed by atoms with Crippen molar-refractivity contribution in [3.8, 4) is 5.82 Å². The maximum absolute atomic E-state index is 10.9. The standard InChI is InChI=1S/C8H4BrN5O4/c9-5-3-6(13(15)16)8(10-4-5)12-2-1-7(11-12)14(17)18/h1-4H. The van der Waals surface area contributed by atoms with Crippen LogP contribution in [0.4, 0.5) is 11.5 Å². The van der Waals surface area contributed by atoms with Gasteiger partial charge in [0.1, 0.15) is 0 Å². The van der Waals surface area contributed by atoms with Crippen LogP contribution in [0.5, 0.6) is 0 Å². The quantitative estimate of drug-likeness (QED) is 0.630. The topological polar surface area (TPSA) is 117 Å². The molecule has 92 valence electrons. The van der Waals surface area contributed by atoms with Crippen molar-refractivity contribution in [1.29, 1.82) is 0 Å². The molecular weight excluding hydrogens is 310 g/mol. The van der Waals surface area contributed by atoms with Gasteiger partial charge in [-0.25, -0.2) is 4.98 Å². The minimum Gasteiger partial charge on any atom is -0.358 e. The molecule has 0 aliphatic heterocycles. The Morgan fingerprint density at radius 1 is 1.28 bits per heavy atom. The Bertz CT molecular complexity index is 640. The monoisotopic (exact) mass is 313 g/mol. The molecule has 0 spiro atoms.